The van der Waals surface area contributed by atoms with Gasteiger partial charge in [0.1, 0.15) is 12.4 Å². The Kier molecular flexibility index (Phi) is 7.43. The SMILES string of the molecule is COc1cc(/C=N\NC(=O)c2cccc(Cl)c2)cc(Br)c1OCc1ccc(F)cc1. The number of nitrogens with zero attached hydrogens (tertiary/aromatic N) is 1. The smallest absolute Gasteiger partial charge is 0.271 e. The van der Waals surface area contributed by atoms with E-state index in [2.05, 4.69) is 26.5 Å². The number of carbonyl (C=O) groups excluding carboxylic acids is 1. The number of methoxy groups -OCH3 is 1. The van der Waals surface area contributed by atoms with Gasteiger partial charge < -0.3 is 9.47 Å². The van der Waals surface area contributed by atoms with Crippen molar-refractivity contribution < 1.29 is 18.7 Å². The van der Waals surface area contributed by atoms with E-state index in [1.807, 2.05) is 0 Å². The molecule has 0 aliphatic carbocycles. The van der Waals surface area contributed by atoms with Crippen LogP contribution < -0.4 is 14.9 Å². The number of nitrogens with one attached hydrogen (secondary N) is 1. The van der Waals surface area contributed by atoms with Crippen LogP contribution in [-0.4, -0.2) is 19.2 Å². The van der Waals surface area contributed by atoms with Gasteiger partial charge in [-0.1, -0.05) is 29.8 Å². The van der Waals surface area contributed by atoms with Crippen LogP contribution in [-0.2, 0) is 6.61 Å². The number of ether oxygens (including phenoxy) is 2. The number of amides is 1. The van der Waals surface area contributed by atoms with Crippen molar-refractivity contribution in [3.63, 3.8) is 0 Å². The second-order valence-corrected chi connectivity index (χ2v) is 7.45. The minimum atomic E-state index is -0.376. The fraction of sp³-hybridized carbons (Fsp3) is 0.0909. The van der Waals surface area contributed by atoms with Gasteiger partial charge in [-0.25, -0.2) is 9.82 Å². The number of hydrogen-bond acceptors (Lipinski definition) is 4. The van der Waals surface area contributed by atoms with Crippen molar-refractivity contribution in [2.24, 2.45) is 5.10 Å². The molecule has 0 saturated heterocycles. The maximum Gasteiger partial charge on any atom is 0.271 e. The molecule has 0 aromatic heterocycles. The van der Waals surface area contributed by atoms with Crippen molar-refractivity contribution in [3.8, 4) is 11.5 Å². The Morgan fingerprint density at radius 2 is 1.97 bits per heavy atom. The lowest BCUT2D eigenvalue weighted by molar-refractivity contribution is 0.0955. The number of halogens is 3. The van der Waals surface area contributed by atoms with Crippen LogP contribution >= 0.6 is 27.5 Å². The summed E-state index contributed by atoms with van der Waals surface area (Å²) in [5.41, 5.74) is 4.36. The molecule has 0 fully saturated rings. The molecular weight excluding hydrogens is 475 g/mol. The number of carbonyl (C=O) groups is 1. The summed E-state index contributed by atoms with van der Waals surface area (Å²) in [6, 6.07) is 16.1. The van der Waals surface area contributed by atoms with Crippen LogP contribution in [0.1, 0.15) is 21.5 Å². The average molecular weight is 492 g/mol. The Morgan fingerprint density at radius 1 is 1.20 bits per heavy atom. The number of benzene rings is 3. The van der Waals surface area contributed by atoms with Crippen LogP contribution in [0.25, 0.3) is 0 Å². The Balaban J connectivity index is 1.69. The topological polar surface area (TPSA) is 59.9 Å². The van der Waals surface area contributed by atoms with Gasteiger partial charge in [0.05, 0.1) is 17.8 Å². The third-order valence-electron chi connectivity index (χ3n) is 4.01. The second kappa shape index (κ2) is 10.2. The molecule has 0 saturated carbocycles. The van der Waals surface area contributed by atoms with E-state index < -0.39 is 0 Å². The summed E-state index contributed by atoms with van der Waals surface area (Å²) in [7, 11) is 1.52. The van der Waals surface area contributed by atoms with Gasteiger partial charge in [-0.3, -0.25) is 4.79 Å². The van der Waals surface area contributed by atoms with E-state index in [4.69, 9.17) is 21.1 Å². The standard InChI is InChI=1S/C22H17BrClFN2O3/c1-29-20-10-15(12-26-27-22(28)16-3-2-4-17(24)11-16)9-19(23)21(20)30-13-14-5-7-18(25)8-6-14/h2-12H,13H2,1H3,(H,27,28)/b26-12-. The van der Waals surface area contributed by atoms with Gasteiger partial charge in [-0.15, -0.1) is 0 Å². The zero-order valence-corrected chi connectivity index (χ0v) is 18.2. The fourth-order valence-electron chi connectivity index (χ4n) is 2.55. The first-order valence-corrected chi connectivity index (χ1v) is 9.97. The van der Waals surface area contributed by atoms with E-state index in [1.165, 1.54) is 25.5 Å². The molecule has 1 N–H and O–H groups in total. The molecule has 0 aliphatic heterocycles. The zero-order chi connectivity index (χ0) is 21.5. The lowest BCUT2D eigenvalue weighted by Crippen LogP contribution is -2.17. The number of rotatable bonds is 7. The molecule has 0 aliphatic rings. The summed E-state index contributed by atoms with van der Waals surface area (Å²) < 4.78 is 24.9. The van der Waals surface area contributed by atoms with E-state index in [0.717, 1.165) is 5.56 Å². The summed E-state index contributed by atoms with van der Waals surface area (Å²) >= 11 is 9.35. The predicted octanol–water partition coefficient (Wildman–Crippen LogP) is 5.59. The summed E-state index contributed by atoms with van der Waals surface area (Å²) in [6.07, 6.45) is 1.49. The lowest BCUT2D eigenvalue weighted by Gasteiger charge is -2.13. The maximum absolute atomic E-state index is 13.0. The number of hydrazone groups is 1. The molecule has 0 heterocycles. The van der Waals surface area contributed by atoms with Crippen molar-refractivity contribution >= 4 is 39.7 Å². The largest absolute Gasteiger partial charge is 0.493 e. The molecule has 8 heteroatoms. The minimum absolute atomic E-state index is 0.248. The highest BCUT2D eigenvalue weighted by Crippen LogP contribution is 2.36. The summed E-state index contributed by atoms with van der Waals surface area (Å²) in [5, 5.41) is 4.44. The van der Waals surface area contributed by atoms with E-state index in [1.54, 1.807) is 48.5 Å². The molecule has 0 spiro atoms. The van der Waals surface area contributed by atoms with Crippen LogP contribution in [0.3, 0.4) is 0 Å². The van der Waals surface area contributed by atoms with Crippen molar-refractivity contribution in [1.29, 1.82) is 0 Å². The van der Waals surface area contributed by atoms with Crippen molar-refractivity contribution in [2.45, 2.75) is 6.61 Å². The van der Waals surface area contributed by atoms with Crippen LogP contribution in [0.15, 0.2) is 70.2 Å². The maximum atomic E-state index is 13.0. The molecule has 3 aromatic rings. The highest BCUT2D eigenvalue weighted by Gasteiger charge is 2.12. The van der Waals surface area contributed by atoms with Gasteiger partial charge in [0.2, 0.25) is 0 Å². The van der Waals surface area contributed by atoms with Crippen LogP contribution in [0.4, 0.5) is 4.39 Å². The Hall–Kier alpha value is -2.90. The third-order valence-corrected chi connectivity index (χ3v) is 4.84. The van der Waals surface area contributed by atoms with Gasteiger partial charge in [0, 0.05) is 10.6 Å². The summed E-state index contributed by atoms with van der Waals surface area (Å²) in [6.45, 7) is 0.248. The van der Waals surface area contributed by atoms with Gasteiger partial charge in [-0.2, -0.15) is 5.10 Å². The average Bonchev–Trinajstić information content (AvgIpc) is 2.73. The first-order valence-electron chi connectivity index (χ1n) is 8.80. The van der Waals surface area contributed by atoms with Crippen LogP contribution in [0.5, 0.6) is 11.5 Å². The highest BCUT2D eigenvalue weighted by molar-refractivity contribution is 9.10. The summed E-state index contributed by atoms with van der Waals surface area (Å²) in [5.74, 6) is 0.304. The van der Waals surface area contributed by atoms with E-state index in [0.29, 0.717) is 32.1 Å². The van der Waals surface area contributed by atoms with E-state index >= 15 is 0 Å². The molecule has 0 unspecified atom stereocenters. The second-order valence-electron chi connectivity index (χ2n) is 6.16. The fourth-order valence-corrected chi connectivity index (χ4v) is 3.31. The van der Waals surface area contributed by atoms with Crippen LogP contribution in [0.2, 0.25) is 5.02 Å². The van der Waals surface area contributed by atoms with Gasteiger partial charge >= 0.3 is 0 Å². The van der Waals surface area contributed by atoms with E-state index in [-0.39, 0.29) is 18.3 Å². The Labute approximate surface area is 186 Å². The lowest BCUT2D eigenvalue weighted by atomic mass is 10.2. The molecule has 0 bridgehead atoms. The molecule has 1 amide bonds. The van der Waals surface area contributed by atoms with E-state index in [9.17, 15) is 9.18 Å². The molecule has 5 nitrogen and oxygen atoms in total. The number of hydrogen-bond donors (Lipinski definition) is 1. The van der Waals surface area contributed by atoms with Gasteiger partial charge in [0.25, 0.3) is 5.91 Å². The van der Waals surface area contributed by atoms with Crippen molar-refractivity contribution in [2.75, 3.05) is 7.11 Å². The van der Waals surface area contributed by atoms with Gasteiger partial charge in [-0.05, 0) is 69.5 Å². The highest BCUT2D eigenvalue weighted by atomic mass is 79.9. The third kappa shape index (κ3) is 5.81. The molecule has 3 rings (SSSR count). The quantitative estimate of drug-likeness (QED) is 0.346. The molecule has 154 valence electrons. The Morgan fingerprint density at radius 3 is 2.67 bits per heavy atom. The molecule has 0 radical (unpaired) electrons. The summed E-state index contributed by atoms with van der Waals surface area (Å²) in [4.78, 5) is 12.1. The molecule has 3 aromatic carbocycles. The van der Waals surface area contributed by atoms with Crippen molar-refractivity contribution in [1.82, 2.24) is 5.43 Å². The zero-order valence-electron chi connectivity index (χ0n) is 15.9. The normalized spacial score (nSPS) is 10.8. The minimum Gasteiger partial charge on any atom is -0.493 e. The predicted molar refractivity (Wildman–Crippen MR) is 118 cm³/mol. The molecule has 0 atom stereocenters. The van der Waals surface area contributed by atoms with Gasteiger partial charge in [0.15, 0.2) is 11.5 Å². The first kappa shape index (κ1) is 21.8. The van der Waals surface area contributed by atoms with Crippen molar-refractivity contribution in [3.05, 3.63) is 92.7 Å². The monoisotopic (exact) mass is 490 g/mol. The van der Waals surface area contributed by atoms with Crippen LogP contribution in [0, 0.1) is 5.82 Å². The Bertz CT molecular complexity index is 1070. The molecular formula is C22H17BrClFN2O3. The first-order chi connectivity index (χ1) is 14.5. The molecule has 30 heavy (non-hydrogen) atoms.